The zero-order chi connectivity index (χ0) is 21.0. The van der Waals surface area contributed by atoms with Crippen molar-refractivity contribution >= 4 is 5.91 Å². The molecule has 1 unspecified atom stereocenters. The Bertz CT molecular complexity index is 411. The molecule has 1 aliphatic heterocycles. The van der Waals surface area contributed by atoms with Gasteiger partial charge in [0.05, 0.1) is 6.17 Å². The summed E-state index contributed by atoms with van der Waals surface area (Å²) >= 11 is 0. The van der Waals surface area contributed by atoms with Gasteiger partial charge in [0.15, 0.2) is 0 Å². The summed E-state index contributed by atoms with van der Waals surface area (Å²) in [5.74, 6) is 0.219. The molecule has 0 radical (unpaired) electrons. The highest BCUT2D eigenvalue weighted by Crippen LogP contribution is 2.14. The summed E-state index contributed by atoms with van der Waals surface area (Å²) in [6.45, 7) is 6.17. The van der Waals surface area contributed by atoms with Gasteiger partial charge in [-0.25, -0.2) is 0 Å². The van der Waals surface area contributed by atoms with Crippen LogP contribution in [0.2, 0.25) is 0 Å². The number of hydrogen-bond donors (Lipinski definition) is 2. The first-order valence-corrected chi connectivity index (χ1v) is 12.7. The summed E-state index contributed by atoms with van der Waals surface area (Å²) in [6.07, 6.45) is 26.2. The lowest BCUT2D eigenvalue weighted by molar-refractivity contribution is -0.121. The van der Waals surface area contributed by atoms with Crippen LogP contribution in [-0.4, -0.2) is 30.1 Å². The quantitative estimate of drug-likeness (QED) is 0.227. The molecule has 0 spiro atoms. The van der Waals surface area contributed by atoms with Crippen LogP contribution in [0.1, 0.15) is 123 Å². The van der Waals surface area contributed by atoms with Crippen molar-refractivity contribution in [2.24, 2.45) is 0 Å². The molecule has 0 aromatic rings. The van der Waals surface area contributed by atoms with Crippen molar-refractivity contribution in [2.75, 3.05) is 13.1 Å². The van der Waals surface area contributed by atoms with Crippen LogP contribution in [0.15, 0.2) is 12.4 Å². The molecule has 0 aromatic heterocycles. The van der Waals surface area contributed by atoms with Crippen LogP contribution < -0.4 is 10.6 Å². The van der Waals surface area contributed by atoms with Gasteiger partial charge in [0.1, 0.15) is 0 Å². The average molecular weight is 408 g/mol. The molecule has 1 atom stereocenters. The third-order valence-corrected chi connectivity index (χ3v) is 5.99. The molecular formula is C25H49N3O. The molecule has 4 heteroatoms. The van der Waals surface area contributed by atoms with Crippen LogP contribution in [-0.2, 0) is 4.79 Å². The Hall–Kier alpha value is -1.19. The van der Waals surface area contributed by atoms with Crippen molar-refractivity contribution in [2.45, 2.75) is 129 Å². The van der Waals surface area contributed by atoms with Crippen LogP contribution in [0.25, 0.3) is 0 Å². The van der Waals surface area contributed by atoms with Crippen LogP contribution >= 0.6 is 0 Å². The third-order valence-electron chi connectivity index (χ3n) is 5.99. The Morgan fingerprint density at radius 2 is 1.38 bits per heavy atom. The van der Waals surface area contributed by atoms with Crippen LogP contribution in [0.3, 0.4) is 0 Å². The second kappa shape index (κ2) is 18.8. The second-order valence-electron chi connectivity index (χ2n) is 8.72. The summed E-state index contributed by atoms with van der Waals surface area (Å²) in [5.41, 5.74) is 0. The largest absolute Gasteiger partial charge is 0.370 e. The van der Waals surface area contributed by atoms with Crippen LogP contribution in [0, 0.1) is 0 Å². The summed E-state index contributed by atoms with van der Waals surface area (Å²) in [4.78, 5) is 14.4. The maximum atomic E-state index is 12.0. The van der Waals surface area contributed by atoms with E-state index in [1.807, 2.05) is 6.20 Å². The monoisotopic (exact) mass is 407 g/mol. The maximum Gasteiger partial charge on any atom is 0.220 e. The third kappa shape index (κ3) is 14.4. The standard InChI is InChI=1S/C25H49N3O/c1-3-5-7-9-11-12-13-15-17-19-25(29)27-21-23-28-22-20-26-24(28)18-16-14-10-8-6-4-2/h20,22,24,26H,3-19,21,23H2,1-2H3,(H,27,29). The molecule has 170 valence electrons. The zero-order valence-corrected chi connectivity index (χ0v) is 19.5. The van der Waals surface area contributed by atoms with Gasteiger partial charge in [-0.2, -0.15) is 0 Å². The fraction of sp³-hybridized carbons (Fsp3) is 0.880. The Kier molecular flexibility index (Phi) is 16.8. The molecule has 0 aromatic carbocycles. The minimum atomic E-state index is 0.219. The Labute approximate surface area is 181 Å². The first kappa shape index (κ1) is 25.8. The van der Waals surface area contributed by atoms with E-state index in [9.17, 15) is 4.79 Å². The molecule has 0 saturated heterocycles. The number of rotatable bonds is 20. The normalized spacial score (nSPS) is 15.7. The van der Waals surface area contributed by atoms with E-state index in [4.69, 9.17) is 0 Å². The molecule has 1 heterocycles. The maximum absolute atomic E-state index is 12.0. The Morgan fingerprint density at radius 1 is 0.828 bits per heavy atom. The van der Waals surface area contributed by atoms with Gasteiger partial charge in [-0.3, -0.25) is 4.79 Å². The molecule has 29 heavy (non-hydrogen) atoms. The predicted molar refractivity (Wildman–Crippen MR) is 126 cm³/mol. The Morgan fingerprint density at radius 3 is 2.00 bits per heavy atom. The van der Waals surface area contributed by atoms with E-state index in [0.29, 0.717) is 12.6 Å². The minimum absolute atomic E-state index is 0.219. The first-order valence-electron chi connectivity index (χ1n) is 12.7. The summed E-state index contributed by atoms with van der Waals surface area (Å²) in [5, 5.41) is 6.55. The SMILES string of the molecule is CCCCCCCCCCCC(=O)NCCN1C=CNC1CCCCCCCC. The lowest BCUT2D eigenvalue weighted by Crippen LogP contribution is -2.40. The Balaban J connectivity index is 1.95. The van der Waals surface area contributed by atoms with E-state index in [1.165, 1.54) is 96.3 Å². The second-order valence-corrected chi connectivity index (χ2v) is 8.72. The number of amides is 1. The van der Waals surface area contributed by atoms with Crippen molar-refractivity contribution in [1.82, 2.24) is 15.5 Å². The van der Waals surface area contributed by atoms with Gasteiger partial charge in [-0.15, -0.1) is 0 Å². The molecule has 0 saturated carbocycles. The zero-order valence-electron chi connectivity index (χ0n) is 19.5. The average Bonchev–Trinajstić information content (AvgIpc) is 3.16. The lowest BCUT2D eigenvalue weighted by Gasteiger charge is -2.25. The smallest absolute Gasteiger partial charge is 0.220 e. The minimum Gasteiger partial charge on any atom is -0.370 e. The van der Waals surface area contributed by atoms with Gasteiger partial charge >= 0.3 is 0 Å². The lowest BCUT2D eigenvalue weighted by atomic mass is 10.1. The highest BCUT2D eigenvalue weighted by Gasteiger charge is 2.17. The summed E-state index contributed by atoms with van der Waals surface area (Å²) < 4.78 is 0. The number of carbonyl (C=O) groups is 1. The number of unbranched alkanes of at least 4 members (excludes halogenated alkanes) is 13. The van der Waals surface area contributed by atoms with Gasteiger partial charge in [0, 0.05) is 31.9 Å². The summed E-state index contributed by atoms with van der Waals surface area (Å²) in [6, 6.07) is 0. The molecule has 0 bridgehead atoms. The summed E-state index contributed by atoms with van der Waals surface area (Å²) in [7, 11) is 0. The van der Waals surface area contributed by atoms with E-state index in [-0.39, 0.29) is 5.91 Å². The number of nitrogens with zero attached hydrogens (tertiary/aromatic N) is 1. The van der Waals surface area contributed by atoms with Crippen LogP contribution in [0.5, 0.6) is 0 Å². The number of carbonyl (C=O) groups excluding carboxylic acids is 1. The van der Waals surface area contributed by atoms with Gasteiger partial charge in [-0.05, 0) is 19.3 Å². The van der Waals surface area contributed by atoms with Crippen LogP contribution in [0.4, 0.5) is 0 Å². The van der Waals surface area contributed by atoms with E-state index < -0.39 is 0 Å². The highest BCUT2D eigenvalue weighted by molar-refractivity contribution is 5.75. The fourth-order valence-electron chi connectivity index (χ4n) is 4.06. The van der Waals surface area contributed by atoms with Gasteiger partial charge in [-0.1, -0.05) is 97.3 Å². The molecule has 1 rings (SSSR count). The first-order chi connectivity index (χ1) is 14.3. The van der Waals surface area contributed by atoms with E-state index >= 15 is 0 Å². The van der Waals surface area contributed by atoms with Gasteiger partial charge < -0.3 is 15.5 Å². The molecule has 4 nitrogen and oxygen atoms in total. The topological polar surface area (TPSA) is 44.4 Å². The number of nitrogens with one attached hydrogen (secondary N) is 2. The molecule has 0 fully saturated rings. The molecular weight excluding hydrogens is 358 g/mol. The molecule has 0 aliphatic carbocycles. The van der Waals surface area contributed by atoms with Crippen molar-refractivity contribution < 1.29 is 4.79 Å². The van der Waals surface area contributed by atoms with E-state index in [2.05, 4.69) is 35.6 Å². The van der Waals surface area contributed by atoms with Gasteiger partial charge in [0.2, 0.25) is 5.91 Å². The van der Waals surface area contributed by atoms with E-state index in [0.717, 1.165) is 19.5 Å². The molecule has 2 N–H and O–H groups in total. The van der Waals surface area contributed by atoms with Crippen molar-refractivity contribution in [3.63, 3.8) is 0 Å². The van der Waals surface area contributed by atoms with Crippen molar-refractivity contribution in [1.29, 1.82) is 0 Å². The predicted octanol–water partition coefficient (Wildman–Crippen LogP) is 6.48. The van der Waals surface area contributed by atoms with Crippen molar-refractivity contribution in [3.05, 3.63) is 12.4 Å². The van der Waals surface area contributed by atoms with Gasteiger partial charge in [0.25, 0.3) is 0 Å². The molecule has 1 aliphatic rings. The molecule has 1 amide bonds. The fourth-order valence-corrected chi connectivity index (χ4v) is 4.06. The van der Waals surface area contributed by atoms with E-state index in [1.54, 1.807) is 0 Å². The van der Waals surface area contributed by atoms with Crippen molar-refractivity contribution in [3.8, 4) is 0 Å². The number of hydrogen-bond acceptors (Lipinski definition) is 3. The highest BCUT2D eigenvalue weighted by atomic mass is 16.1.